The van der Waals surface area contributed by atoms with E-state index in [1.54, 1.807) is 0 Å². The molecular weight excluding hydrogens is 594 g/mol. The molecule has 37 heavy (non-hydrogen) atoms. The van der Waals surface area contributed by atoms with Gasteiger partial charge in [-0.05, 0) is 5.57 Å². The number of nitrogens with one attached hydrogen (secondary N) is 2. The molecule has 12 nitrogen and oxygen atoms in total. The summed E-state index contributed by atoms with van der Waals surface area (Å²) in [6.45, 7) is 1.60. The predicted molar refractivity (Wildman–Crippen MR) is 134 cm³/mol. The van der Waals surface area contributed by atoms with Crippen LogP contribution in [0.25, 0.3) is 0 Å². The van der Waals surface area contributed by atoms with Crippen LogP contribution >= 0.6 is 58.0 Å². The van der Waals surface area contributed by atoms with Gasteiger partial charge in [-0.1, -0.05) is 46.2 Å². The van der Waals surface area contributed by atoms with Crippen LogP contribution < -0.4 is 44.9 Å². The summed E-state index contributed by atoms with van der Waals surface area (Å²) in [5.41, 5.74) is 0.790. The Morgan fingerprint density at radius 1 is 1.27 bits per heavy atom. The summed E-state index contributed by atoms with van der Waals surface area (Å²) in [5, 5.41) is 23.7. The number of aromatic amines is 1. The van der Waals surface area contributed by atoms with Crippen molar-refractivity contribution in [1.82, 2.24) is 25.4 Å². The molecule has 0 aliphatic carbocycles. The number of hydrogen-bond donors (Lipinski definition) is 2. The Hall–Kier alpha value is -1.34. The Bertz CT molecular complexity index is 1280. The van der Waals surface area contributed by atoms with Crippen LogP contribution in [0.1, 0.15) is 12.6 Å². The summed E-state index contributed by atoms with van der Waals surface area (Å²) in [6, 6.07) is -0.855. The summed E-state index contributed by atoms with van der Waals surface area (Å²) >= 11 is 6.34. The number of nitrogens with zero attached hydrogens (tertiary/aromatic N) is 3. The molecule has 18 heteroatoms. The van der Waals surface area contributed by atoms with Gasteiger partial charge in [0.25, 0.3) is 5.91 Å². The Balaban J connectivity index is 0.00000380. The van der Waals surface area contributed by atoms with E-state index in [1.165, 1.54) is 58.9 Å². The third kappa shape index (κ3) is 7.62. The number of carbonyl (C=O) groups is 4. The first kappa shape index (κ1) is 30.2. The van der Waals surface area contributed by atoms with Crippen LogP contribution in [0.15, 0.2) is 30.1 Å². The number of aliphatic carboxylic acids is 1. The Morgan fingerprint density at radius 2 is 2.00 bits per heavy atom. The molecule has 192 valence electrons. The third-order valence-corrected chi connectivity index (χ3v) is 10.1. The number of aromatic nitrogens is 3. The second kappa shape index (κ2) is 13.6. The van der Waals surface area contributed by atoms with Gasteiger partial charge in [0.05, 0.1) is 18.1 Å². The molecule has 4 rings (SSSR count). The Morgan fingerprint density at radius 3 is 2.65 bits per heavy atom. The number of H-pyrrole nitrogens is 1. The summed E-state index contributed by atoms with van der Waals surface area (Å²) in [7, 11) is 0. The van der Waals surface area contributed by atoms with Gasteiger partial charge in [0.2, 0.25) is 5.91 Å². The number of carboxylic acid groups (broad SMARTS) is 1. The SMILES string of the molecule is CC(=O)OCCSc1nnc(SCC2=C(C(=O)[O-])N3C(=O)C(NC(=O)Cc4csc(=O)[nH]4)[C@@H]3SC2)s1.[Na+]. The molecule has 0 spiro atoms. The number of rotatable bonds is 11. The van der Waals surface area contributed by atoms with Gasteiger partial charge in [0, 0.05) is 35.3 Å². The monoisotopic (exact) mass is 611 g/mol. The first-order valence-electron chi connectivity index (χ1n) is 10.3. The summed E-state index contributed by atoms with van der Waals surface area (Å²) in [6.07, 6.45) is -0.0865. The van der Waals surface area contributed by atoms with E-state index in [4.69, 9.17) is 4.74 Å². The number of β-lactam (4-membered cyclic amide) rings is 1. The van der Waals surface area contributed by atoms with Gasteiger partial charge in [0.1, 0.15) is 18.0 Å². The van der Waals surface area contributed by atoms with Crippen LogP contribution in [0.5, 0.6) is 0 Å². The maximum absolute atomic E-state index is 12.7. The van der Waals surface area contributed by atoms with Crippen LogP contribution in [0, 0.1) is 0 Å². The minimum atomic E-state index is -1.45. The second-order valence-electron chi connectivity index (χ2n) is 7.36. The number of thioether (sulfide) groups is 3. The smallest absolute Gasteiger partial charge is 0.543 e. The first-order valence-corrected chi connectivity index (χ1v) is 15.0. The van der Waals surface area contributed by atoms with Crippen LogP contribution in [0.3, 0.4) is 0 Å². The van der Waals surface area contributed by atoms with Gasteiger partial charge in [-0.25, -0.2) is 0 Å². The number of esters is 1. The molecule has 2 aromatic rings. The molecule has 0 radical (unpaired) electrons. The van der Waals surface area contributed by atoms with Gasteiger partial charge in [0.15, 0.2) is 8.68 Å². The topological polar surface area (TPSA) is 174 Å². The van der Waals surface area contributed by atoms with Gasteiger partial charge in [-0.15, -0.1) is 22.0 Å². The zero-order valence-electron chi connectivity index (χ0n) is 19.5. The van der Waals surface area contributed by atoms with Gasteiger partial charge >= 0.3 is 40.4 Å². The Labute approximate surface area is 253 Å². The van der Waals surface area contributed by atoms with Crippen LogP contribution in [0.2, 0.25) is 0 Å². The molecule has 2 N–H and O–H groups in total. The number of fused-ring (bicyclic) bond motifs is 1. The zero-order chi connectivity index (χ0) is 25.8. The van der Waals surface area contributed by atoms with E-state index < -0.39 is 29.2 Å². The van der Waals surface area contributed by atoms with Crippen molar-refractivity contribution in [2.24, 2.45) is 0 Å². The average Bonchev–Trinajstić information content (AvgIpc) is 3.46. The van der Waals surface area contributed by atoms with Crippen molar-refractivity contribution >= 4 is 81.7 Å². The quantitative estimate of drug-likeness (QED) is 0.0852. The maximum atomic E-state index is 12.7. The van der Waals surface area contributed by atoms with Crippen LogP contribution in [-0.4, -0.2) is 79.1 Å². The predicted octanol–water partition coefficient (Wildman–Crippen LogP) is -3.31. The van der Waals surface area contributed by atoms with E-state index in [9.17, 15) is 29.1 Å². The largest absolute Gasteiger partial charge is 1.00 e. The van der Waals surface area contributed by atoms with Crippen LogP contribution in [0.4, 0.5) is 0 Å². The van der Waals surface area contributed by atoms with Crippen molar-refractivity contribution < 1.29 is 58.6 Å². The minimum absolute atomic E-state index is 0. The van der Waals surface area contributed by atoms with E-state index in [1.807, 2.05) is 0 Å². The van der Waals surface area contributed by atoms with Crippen molar-refractivity contribution in [3.05, 3.63) is 32.0 Å². The number of amides is 2. The molecule has 1 fully saturated rings. The number of carbonyl (C=O) groups excluding carboxylic acids is 4. The molecule has 2 atom stereocenters. The molecule has 2 aliphatic heterocycles. The molecule has 1 saturated heterocycles. The van der Waals surface area contributed by atoms with Crippen molar-refractivity contribution in [2.45, 2.75) is 33.4 Å². The summed E-state index contributed by atoms with van der Waals surface area (Å²) in [4.78, 5) is 62.4. The summed E-state index contributed by atoms with van der Waals surface area (Å²) in [5.74, 6) is -1.61. The number of thiazole rings is 1. The van der Waals surface area contributed by atoms with Crippen molar-refractivity contribution in [1.29, 1.82) is 0 Å². The van der Waals surface area contributed by atoms with E-state index in [0.29, 0.717) is 31.5 Å². The first-order chi connectivity index (χ1) is 17.2. The number of ether oxygens (including phenoxy) is 1. The van der Waals surface area contributed by atoms with Crippen molar-refractivity contribution in [3.63, 3.8) is 0 Å². The molecule has 1 unspecified atom stereocenters. The van der Waals surface area contributed by atoms with E-state index >= 15 is 0 Å². The normalized spacial score (nSPS) is 18.5. The maximum Gasteiger partial charge on any atom is 1.00 e. The summed E-state index contributed by atoms with van der Waals surface area (Å²) < 4.78 is 6.20. The van der Waals surface area contributed by atoms with Crippen molar-refractivity contribution in [2.75, 3.05) is 23.9 Å². The van der Waals surface area contributed by atoms with E-state index in [2.05, 4.69) is 20.5 Å². The fraction of sp³-hybridized carbons (Fsp3) is 0.421. The van der Waals surface area contributed by atoms with Crippen molar-refractivity contribution in [3.8, 4) is 0 Å². The minimum Gasteiger partial charge on any atom is -0.543 e. The third-order valence-electron chi connectivity index (χ3n) is 4.85. The molecule has 0 aromatic carbocycles. The van der Waals surface area contributed by atoms with Gasteiger partial charge in [-0.2, -0.15) is 0 Å². The number of hydrogen-bond acceptors (Lipinski definition) is 14. The molecule has 2 amide bonds. The zero-order valence-corrected chi connectivity index (χ0v) is 25.6. The van der Waals surface area contributed by atoms with Gasteiger partial charge in [-0.3, -0.25) is 24.1 Å². The number of carboxylic acids is 1. The van der Waals surface area contributed by atoms with E-state index in [0.717, 1.165) is 16.2 Å². The molecule has 2 aliphatic rings. The molecular formula is C19H18N5NaO7S5. The standard InChI is InChI=1S/C19H19N5O7S5.Na/c1-8(25)31-2-3-32-18-22-23-19(36-18)35-6-9-5-33-15-12(14(27)24(15)13(9)16(28)29)21-11(26)4-10-7-34-17(30)20-10;/h7,12,15H,2-6H2,1H3,(H,20,30)(H,21,26)(H,28,29);/q;+1/p-1/t12?,15-;/m0./s1. The van der Waals surface area contributed by atoms with E-state index in [-0.39, 0.29) is 64.9 Å². The van der Waals surface area contributed by atoms with Gasteiger partial charge < -0.3 is 24.9 Å². The molecule has 0 bridgehead atoms. The molecule has 0 saturated carbocycles. The molecule has 4 heterocycles. The van der Waals surface area contributed by atoms with Crippen LogP contribution in [-0.2, 0) is 30.3 Å². The molecule has 2 aromatic heterocycles. The fourth-order valence-electron chi connectivity index (χ4n) is 3.36. The second-order valence-corrected chi connectivity index (χ2v) is 12.8. The fourth-order valence-corrected chi connectivity index (χ4v) is 8.33. The average molecular weight is 612 g/mol. The Kier molecular flexibility index (Phi) is 11.1.